The zero-order chi connectivity index (χ0) is 15.0. The summed E-state index contributed by atoms with van der Waals surface area (Å²) in [6.45, 7) is 0.907. The second kappa shape index (κ2) is 5.35. The van der Waals surface area contributed by atoms with E-state index in [0.717, 1.165) is 31.1 Å². The summed E-state index contributed by atoms with van der Waals surface area (Å²) in [7, 11) is 0. The molecular weight excluding hydrogens is 303 g/mol. The van der Waals surface area contributed by atoms with Gasteiger partial charge in [-0.1, -0.05) is 11.6 Å². The Balaban J connectivity index is 2.03. The van der Waals surface area contributed by atoms with Crippen LogP contribution in [0.15, 0.2) is 30.7 Å². The molecule has 1 N–H and O–H groups in total. The molecule has 1 atom stereocenters. The molecule has 0 aliphatic carbocycles. The topological polar surface area (TPSA) is 29.9 Å². The Hall–Kier alpha value is -1.53. The van der Waals surface area contributed by atoms with Crippen molar-refractivity contribution in [3.63, 3.8) is 0 Å². The first-order valence-corrected chi connectivity index (χ1v) is 6.97. The first-order chi connectivity index (χ1) is 9.97. The number of nitrogens with one attached hydrogen (secondary N) is 1. The number of hydrogen-bond acceptors (Lipinski definition) is 2. The molecule has 0 amide bonds. The molecule has 2 aromatic rings. The molecule has 1 aromatic heterocycles. The molecule has 7 heteroatoms. The van der Waals surface area contributed by atoms with Gasteiger partial charge < -0.3 is 9.88 Å². The van der Waals surface area contributed by atoms with E-state index in [2.05, 4.69) is 10.3 Å². The molecular formula is C14H13ClF3N3. The molecule has 1 aliphatic rings. The quantitative estimate of drug-likeness (QED) is 0.909. The highest BCUT2D eigenvalue weighted by molar-refractivity contribution is 6.31. The smallest absolute Gasteiger partial charge is 0.309 e. The molecule has 21 heavy (non-hydrogen) atoms. The van der Waals surface area contributed by atoms with Gasteiger partial charge >= 0.3 is 6.18 Å². The SMILES string of the molecule is FC(F)(F)c1cc(-n2cncc2[C@@H]2CCCN2)ccc1Cl. The Labute approximate surface area is 124 Å². The molecule has 0 saturated carbocycles. The third-order valence-corrected chi connectivity index (χ3v) is 3.95. The fourth-order valence-corrected chi connectivity index (χ4v) is 2.82. The predicted molar refractivity (Wildman–Crippen MR) is 73.6 cm³/mol. The van der Waals surface area contributed by atoms with Gasteiger partial charge in [-0.15, -0.1) is 0 Å². The van der Waals surface area contributed by atoms with Crippen LogP contribution in [0.1, 0.15) is 30.1 Å². The Bertz CT molecular complexity index is 645. The molecule has 1 fully saturated rings. The van der Waals surface area contributed by atoms with E-state index in [1.54, 1.807) is 16.8 Å². The van der Waals surface area contributed by atoms with Crippen LogP contribution < -0.4 is 5.32 Å². The Morgan fingerprint density at radius 1 is 1.33 bits per heavy atom. The minimum atomic E-state index is -4.47. The summed E-state index contributed by atoms with van der Waals surface area (Å²) in [4.78, 5) is 4.07. The average molecular weight is 316 g/mol. The van der Waals surface area contributed by atoms with E-state index < -0.39 is 11.7 Å². The number of imidazole rings is 1. The second-order valence-corrected chi connectivity index (χ2v) is 5.41. The number of halogens is 4. The summed E-state index contributed by atoms with van der Waals surface area (Å²) in [5.41, 5.74) is 0.441. The molecule has 1 aromatic carbocycles. The van der Waals surface area contributed by atoms with Gasteiger partial charge in [0.1, 0.15) is 0 Å². The van der Waals surface area contributed by atoms with Gasteiger partial charge in [0.25, 0.3) is 0 Å². The minimum absolute atomic E-state index is 0.123. The van der Waals surface area contributed by atoms with Crippen molar-refractivity contribution in [2.45, 2.75) is 25.1 Å². The molecule has 0 unspecified atom stereocenters. The average Bonchev–Trinajstić information content (AvgIpc) is 3.08. The number of alkyl halides is 3. The summed E-state index contributed by atoms with van der Waals surface area (Å²) in [6, 6.07) is 4.02. The normalized spacial score (nSPS) is 19.1. The van der Waals surface area contributed by atoms with E-state index in [9.17, 15) is 13.2 Å². The highest BCUT2D eigenvalue weighted by atomic mass is 35.5. The number of nitrogens with zero attached hydrogens (tertiary/aromatic N) is 2. The van der Waals surface area contributed by atoms with Crippen LogP contribution in [0.25, 0.3) is 5.69 Å². The number of hydrogen-bond donors (Lipinski definition) is 1. The van der Waals surface area contributed by atoms with E-state index in [-0.39, 0.29) is 11.1 Å². The van der Waals surface area contributed by atoms with E-state index in [0.29, 0.717) is 5.69 Å². The monoisotopic (exact) mass is 315 g/mol. The zero-order valence-corrected chi connectivity index (χ0v) is 11.7. The van der Waals surface area contributed by atoms with Gasteiger partial charge in [-0.05, 0) is 37.6 Å². The standard InChI is InChI=1S/C14H13ClF3N3/c15-11-4-3-9(6-10(11)14(16,17)18)21-8-19-7-13(21)12-2-1-5-20-12/h3-4,6-8,12,20H,1-2,5H2/t12-/m0/s1. The highest BCUT2D eigenvalue weighted by Gasteiger charge is 2.33. The number of benzene rings is 1. The lowest BCUT2D eigenvalue weighted by Gasteiger charge is -2.16. The van der Waals surface area contributed by atoms with Crippen molar-refractivity contribution in [3.8, 4) is 5.69 Å². The molecule has 112 valence electrons. The van der Waals surface area contributed by atoms with Gasteiger partial charge in [0.15, 0.2) is 0 Å². The minimum Gasteiger partial charge on any atom is -0.309 e. The lowest BCUT2D eigenvalue weighted by molar-refractivity contribution is -0.137. The Kier molecular flexibility index (Phi) is 3.67. The molecule has 0 bridgehead atoms. The first-order valence-electron chi connectivity index (χ1n) is 6.59. The largest absolute Gasteiger partial charge is 0.417 e. The molecule has 0 spiro atoms. The third-order valence-electron chi connectivity index (χ3n) is 3.62. The van der Waals surface area contributed by atoms with Gasteiger partial charge in [0.2, 0.25) is 0 Å². The highest BCUT2D eigenvalue weighted by Crippen LogP contribution is 2.36. The molecule has 1 saturated heterocycles. The fraction of sp³-hybridized carbons (Fsp3) is 0.357. The van der Waals surface area contributed by atoms with Gasteiger partial charge in [-0.2, -0.15) is 13.2 Å². The van der Waals surface area contributed by atoms with Crippen LogP contribution in [0.2, 0.25) is 5.02 Å². The zero-order valence-electron chi connectivity index (χ0n) is 11.0. The van der Waals surface area contributed by atoms with Crippen molar-refractivity contribution in [1.29, 1.82) is 0 Å². The summed E-state index contributed by atoms with van der Waals surface area (Å²) in [5.74, 6) is 0. The third kappa shape index (κ3) is 2.78. The number of aromatic nitrogens is 2. The molecule has 3 nitrogen and oxygen atoms in total. The van der Waals surface area contributed by atoms with Crippen LogP contribution in [0.5, 0.6) is 0 Å². The summed E-state index contributed by atoms with van der Waals surface area (Å²) >= 11 is 5.65. The van der Waals surface area contributed by atoms with E-state index in [4.69, 9.17) is 11.6 Å². The molecule has 2 heterocycles. The van der Waals surface area contributed by atoms with Crippen LogP contribution >= 0.6 is 11.6 Å². The summed E-state index contributed by atoms with van der Waals surface area (Å²) in [6.07, 6.45) is 0.735. The van der Waals surface area contributed by atoms with Crippen molar-refractivity contribution in [1.82, 2.24) is 14.9 Å². The maximum absolute atomic E-state index is 13.0. The van der Waals surface area contributed by atoms with Crippen LogP contribution in [0.3, 0.4) is 0 Å². The van der Waals surface area contributed by atoms with Crippen LogP contribution in [0, 0.1) is 0 Å². The van der Waals surface area contributed by atoms with Gasteiger partial charge in [0.05, 0.1) is 28.8 Å². The Morgan fingerprint density at radius 2 is 2.14 bits per heavy atom. The number of rotatable bonds is 2. The second-order valence-electron chi connectivity index (χ2n) is 5.00. The first kappa shape index (κ1) is 14.4. The van der Waals surface area contributed by atoms with Crippen LogP contribution in [-0.2, 0) is 6.18 Å². The maximum atomic E-state index is 13.0. The lowest BCUT2D eigenvalue weighted by atomic mass is 10.1. The van der Waals surface area contributed by atoms with E-state index >= 15 is 0 Å². The molecule has 3 rings (SSSR count). The van der Waals surface area contributed by atoms with Crippen molar-refractivity contribution in [2.24, 2.45) is 0 Å². The predicted octanol–water partition coefficient (Wildman–Crippen LogP) is 3.97. The Morgan fingerprint density at radius 3 is 2.81 bits per heavy atom. The van der Waals surface area contributed by atoms with Gasteiger partial charge in [-0.3, -0.25) is 0 Å². The van der Waals surface area contributed by atoms with Crippen LogP contribution in [-0.4, -0.2) is 16.1 Å². The van der Waals surface area contributed by atoms with Gasteiger partial charge in [0, 0.05) is 11.7 Å². The van der Waals surface area contributed by atoms with Crippen molar-refractivity contribution < 1.29 is 13.2 Å². The van der Waals surface area contributed by atoms with E-state index in [1.165, 1.54) is 12.4 Å². The summed E-state index contributed by atoms with van der Waals surface area (Å²) < 4.78 is 40.5. The van der Waals surface area contributed by atoms with Crippen molar-refractivity contribution >= 4 is 11.6 Å². The molecule has 0 radical (unpaired) electrons. The molecule has 1 aliphatic heterocycles. The fourth-order valence-electron chi connectivity index (χ4n) is 2.60. The van der Waals surface area contributed by atoms with Gasteiger partial charge in [-0.25, -0.2) is 4.98 Å². The maximum Gasteiger partial charge on any atom is 0.417 e. The summed E-state index contributed by atoms with van der Waals surface area (Å²) in [5, 5.41) is 3.02. The van der Waals surface area contributed by atoms with E-state index in [1.807, 2.05) is 0 Å². The van der Waals surface area contributed by atoms with Crippen molar-refractivity contribution in [3.05, 3.63) is 47.0 Å². The van der Waals surface area contributed by atoms with Crippen molar-refractivity contribution in [2.75, 3.05) is 6.54 Å². The lowest BCUT2D eigenvalue weighted by Crippen LogP contribution is -2.16. The van der Waals surface area contributed by atoms with Crippen LogP contribution in [0.4, 0.5) is 13.2 Å².